The number of fused-ring (bicyclic) bond motifs is 1. The van der Waals surface area contributed by atoms with Crippen LogP contribution in [0.4, 0.5) is 18.9 Å². The second kappa shape index (κ2) is 10.2. The summed E-state index contributed by atoms with van der Waals surface area (Å²) in [6, 6.07) is 6.49. The van der Waals surface area contributed by atoms with E-state index in [2.05, 4.69) is 20.3 Å². The minimum absolute atomic E-state index is 0.0673. The van der Waals surface area contributed by atoms with E-state index in [-0.39, 0.29) is 42.5 Å². The van der Waals surface area contributed by atoms with Gasteiger partial charge in [0.2, 0.25) is 0 Å². The number of nitrogens with zero attached hydrogens (tertiary/aromatic N) is 4. The van der Waals surface area contributed by atoms with E-state index >= 15 is 0 Å². The van der Waals surface area contributed by atoms with Gasteiger partial charge in [-0.25, -0.2) is 4.99 Å². The summed E-state index contributed by atoms with van der Waals surface area (Å²) in [5, 5.41) is 11.9. The molecule has 2 unspecified atom stereocenters. The predicted molar refractivity (Wildman–Crippen MR) is 121 cm³/mol. The lowest BCUT2D eigenvalue weighted by Gasteiger charge is -2.31. The van der Waals surface area contributed by atoms with Crippen LogP contribution in [-0.4, -0.2) is 65.6 Å². The molecule has 0 radical (unpaired) electrons. The number of aliphatic hydroxyl groups excluding tert-OH is 1. The zero-order chi connectivity index (χ0) is 24.1. The highest BCUT2D eigenvalue weighted by Crippen LogP contribution is 2.40. The van der Waals surface area contributed by atoms with Crippen molar-refractivity contribution < 1.29 is 27.8 Å². The van der Waals surface area contributed by atoms with Crippen LogP contribution in [0.2, 0.25) is 0 Å². The van der Waals surface area contributed by atoms with Crippen LogP contribution in [0, 0.1) is 6.92 Å². The van der Waals surface area contributed by atoms with Crippen LogP contribution in [0.15, 0.2) is 58.8 Å². The van der Waals surface area contributed by atoms with Crippen LogP contribution in [0.5, 0.6) is 11.5 Å². The number of benzene rings is 1. The Morgan fingerprint density at radius 3 is 2.76 bits per heavy atom. The molecule has 2 aliphatic rings. The third kappa shape index (κ3) is 5.54. The SMILES string of the molecule is Cc1ccc(Oc2ccc(NC3=NC=NC4C=CN(CCOCCO)C34)cc2C(F)(F)F)cn1. The fraction of sp³-hybridized carbons (Fsp3) is 0.348. The molecule has 0 amide bonds. The number of alkyl halides is 3. The monoisotopic (exact) mass is 475 g/mol. The normalized spacial score (nSPS) is 19.2. The third-order valence-corrected chi connectivity index (χ3v) is 5.27. The quantitative estimate of drug-likeness (QED) is 0.567. The predicted octanol–water partition coefficient (Wildman–Crippen LogP) is 3.63. The number of amidine groups is 1. The first-order chi connectivity index (χ1) is 16.3. The summed E-state index contributed by atoms with van der Waals surface area (Å²) >= 11 is 0. The van der Waals surface area contributed by atoms with E-state index in [1.54, 1.807) is 19.1 Å². The van der Waals surface area contributed by atoms with E-state index in [0.717, 1.165) is 11.8 Å². The first-order valence-electron chi connectivity index (χ1n) is 10.7. The molecule has 3 heterocycles. The maximum Gasteiger partial charge on any atom is 0.420 e. The van der Waals surface area contributed by atoms with Crippen LogP contribution < -0.4 is 10.1 Å². The van der Waals surface area contributed by atoms with Gasteiger partial charge in [0.05, 0.1) is 32.1 Å². The Bertz CT molecular complexity index is 1090. The summed E-state index contributed by atoms with van der Waals surface area (Å²) < 4.78 is 52.3. The molecule has 34 heavy (non-hydrogen) atoms. The van der Waals surface area contributed by atoms with E-state index in [9.17, 15) is 13.2 Å². The van der Waals surface area contributed by atoms with Gasteiger partial charge in [0.15, 0.2) is 0 Å². The first kappa shape index (κ1) is 23.7. The van der Waals surface area contributed by atoms with E-state index < -0.39 is 11.7 Å². The van der Waals surface area contributed by atoms with Crippen molar-refractivity contribution in [2.45, 2.75) is 25.2 Å². The maximum atomic E-state index is 13.8. The fourth-order valence-corrected chi connectivity index (χ4v) is 3.66. The summed E-state index contributed by atoms with van der Waals surface area (Å²) in [5.41, 5.74) is 0.0323. The Balaban J connectivity index is 1.53. The molecule has 11 heteroatoms. The molecule has 1 aromatic heterocycles. The minimum atomic E-state index is -4.63. The van der Waals surface area contributed by atoms with Crippen molar-refractivity contribution in [1.29, 1.82) is 0 Å². The number of aryl methyl sites for hydroxylation is 1. The number of aliphatic imine (C=N–C) groups is 2. The van der Waals surface area contributed by atoms with E-state index in [1.807, 2.05) is 17.2 Å². The van der Waals surface area contributed by atoms with Crippen molar-refractivity contribution in [3.63, 3.8) is 0 Å². The van der Waals surface area contributed by atoms with Gasteiger partial charge in [-0.3, -0.25) is 9.98 Å². The molecular formula is C23H24F3N5O3. The highest BCUT2D eigenvalue weighted by atomic mass is 19.4. The summed E-state index contributed by atoms with van der Waals surface area (Å²) in [6.07, 6.45) is 1.91. The van der Waals surface area contributed by atoms with Crippen LogP contribution in [0.3, 0.4) is 0 Å². The lowest BCUT2D eigenvalue weighted by molar-refractivity contribution is -0.138. The number of aliphatic hydroxyl groups is 1. The number of pyridine rings is 1. The molecule has 1 aromatic carbocycles. The average Bonchev–Trinajstić information content (AvgIpc) is 3.23. The van der Waals surface area contributed by atoms with Gasteiger partial charge in [-0.05, 0) is 49.5 Å². The number of aromatic nitrogens is 1. The summed E-state index contributed by atoms with van der Waals surface area (Å²) in [4.78, 5) is 14.6. The molecule has 0 saturated carbocycles. The lowest BCUT2D eigenvalue weighted by Crippen LogP contribution is -2.47. The molecule has 0 fully saturated rings. The highest BCUT2D eigenvalue weighted by molar-refractivity contribution is 6.05. The molecule has 0 aliphatic carbocycles. The Labute approximate surface area is 194 Å². The lowest BCUT2D eigenvalue weighted by atomic mass is 10.1. The number of hydrogen-bond donors (Lipinski definition) is 2. The van der Waals surface area contributed by atoms with Gasteiger partial charge in [0.1, 0.15) is 35.3 Å². The van der Waals surface area contributed by atoms with Crippen LogP contribution in [-0.2, 0) is 10.9 Å². The molecule has 4 rings (SSSR count). The van der Waals surface area contributed by atoms with Gasteiger partial charge in [-0.15, -0.1) is 0 Å². The van der Waals surface area contributed by atoms with Crippen molar-refractivity contribution >= 4 is 17.9 Å². The molecule has 0 bridgehead atoms. The summed E-state index contributed by atoms with van der Waals surface area (Å²) in [7, 11) is 0. The molecule has 8 nitrogen and oxygen atoms in total. The topological polar surface area (TPSA) is 91.6 Å². The van der Waals surface area contributed by atoms with Gasteiger partial charge in [0.25, 0.3) is 0 Å². The number of nitrogens with one attached hydrogen (secondary N) is 1. The largest absolute Gasteiger partial charge is 0.455 e. The van der Waals surface area contributed by atoms with Crippen LogP contribution >= 0.6 is 0 Å². The molecule has 0 saturated heterocycles. The summed E-state index contributed by atoms with van der Waals surface area (Å²) in [6.45, 7) is 2.83. The zero-order valence-electron chi connectivity index (χ0n) is 18.4. The minimum Gasteiger partial charge on any atom is -0.455 e. The second-order valence-corrected chi connectivity index (χ2v) is 7.70. The molecule has 0 spiro atoms. The number of ether oxygens (including phenoxy) is 2. The maximum absolute atomic E-state index is 13.8. The Hall–Kier alpha value is -3.44. The van der Waals surface area contributed by atoms with E-state index in [0.29, 0.717) is 19.0 Å². The third-order valence-electron chi connectivity index (χ3n) is 5.27. The van der Waals surface area contributed by atoms with Gasteiger partial charge in [0, 0.05) is 17.9 Å². The van der Waals surface area contributed by atoms with Crippen molar-refractivity contribution in [3.05, 3.63) is 60.1 Å². The number of halogens is 3. The molecule has 2 aliphatic heterocycles. The smallest absolute Gasteiger partial charge is 0.420 e. The highest BCUT2D eigenvalue weighted by Gasteiger charge is 2.37. The first-order valence-corrected chi connectivity index (χ1v) is 10.7. The second-order valence-electron chi connectivity index (χ2n) is 7.70. The molecule has 180 valence electrons. The van der Waals surface area contributed by atoms with Crippen molar-refractivity contribution in [2.75, 3.05) is 31.7 Å². The molecular weight excluding hydrogens is 451 g/mol. The number of rotatable bonds is 8. The van der Waals surface area contributed by atoms with Crippen molar-refractivity contribution in [2.24, 2.45) is 9.98 Å². The van der Waals surface area contributed by atoms with Gasteiger partial charge in [-0.2, -0.15) is 13.2 Å². The van der Waals surface area contributed by atoms with Gasteiger partial charge < -0.3 is 24.8 Å². The standard InChI is InChI=1S/C23H24F3N5O3/c1-15-2-4-17(13-27-15)34-20-5-3-16(12-18(20)23(24,25)26)30-22-21-19(28-14-29-22)6-7-31(21)8-10-33-11-9-32/h2-7,12-14,19,21,32H,8-11H2,1H3,(H,28,29,30). The van der Waals surface area contributed by atoms with Crippen LogP contribution in [0.25, 0.3) is 0 Å². The molecule has 2 N–H and O–H groups in total. The Kier molecular flexibility index (Phi) is 7.13. The zero-order valence-corrected chi connectivity index (χ0v) is 18.4. The molecule has 2 atom stereocenters. The molecule has 2 aromatic rings. The van der Waals surface area contributed by atoms with Gasteiger partial charge >= 0.3 is 6.18 Å². The number of hydrogen-bond acceptors (Lipinski definition) is 8. The van der Waals surface area contributed by atoms with Gasteiger partial charge in [-0.1, -0.05) is 0 Å². The Morgan fingerprint density at radius 1 is 1.18 bits per heavy atom. The van der Waals surface area contributed by atoms with E-state index in [4.69, 9.17) is 14.6 Å². The van der Waals surface area contributed by atoms with Crippen LogP contribution in [0.1, 0.15) is 11.3 Å². The number of anilines is 1. The summed E-state index contributed by atoms with van der Waals surface area (Å²) in [5.74, 6) is 0.360. The van der Waals surface area contributed by atoms with E-state index in [1.165, 1.54) is 24.7 Å². The average molecular weight is 475 g/mol. The Morgan fingerprint density at radius 2 is 2.03 bits per heavy atom. The van der Waals surface area contributed by atoms with Crippen molar-refractivity contribution in [3.8, 4) is 11.5 Å². The van der Waals surface area contributed by atoms with Crippen molar-refractivity contribution in [1.82, 2.24) is 9.88 Å². The fourth-order valence-electron chi connectivity index (χ4n) is 3.66.